The lowest BCUT2D eigenvalue weighted by atomic mass is 10.1. The molecule has 164 valence electrons. The Labute approximate surface area is 174 Å². The Morgan fingerprint density at radius 1 is 0.821 bits per heavy atom. The molecule has 0 aromatic carbocycles. The second-order valence-corrected chi connectivity index (χ2v) is 7.48. The highest BCUT2D eigenvalue weighted by atomic mass is 16.5. The van der Waals surface area contributed by atoms with Crippen LogP contribution in [0.25, 0.3) is 0 Å². The van der Waals surface area contributed by atoms with Crippen molar-refractivity contribution in [3.63, 3.8) is 0 Å². The second-order valence-electron chi connectivity index (χ2n) is 7.48. The van der Waals surface area contributed by atoms with Gasteiger partial charge >= 0.3 is 0 Å². The quantitative estimate of drug-likeness (QED) is 0.157. The van der Waals surface area contributed by atoms with Crippen molar-refractivity contribution in [3.8, 4) is 0 Å². The van der Waals surface area contributed by atoms with Gasteiger partial charge in [0.1, 0.15) is 6.73 Å². The normalized spacial score (nSPS) is 11.7. The molecule has 0 unspecified atom stereocenters. The third kappa shape index (κ3) is 18.2. The Morgan fingerprint density at radius 2 is 1.43 bits per heavy atom. The number of carbonyl (C=O) groups excluding carboxylic acids is 1. The molecule has 2 N–H and O–H groups in total. The predicted molar refractivity (Wildman–Crippen MR) is 121 cm³/mol. The molecule has 0 aliphatic carbocycles. The van der Waals surface area contributed by atoms with Crippen LogP contribution in [0.4, 0.5) is 0 Å². The SMILES string of the molecule is CCCCC/C=C\C/C=C\CCCCCCCCOCN(CCC)C(=O)CN. The second kappa shape index (κ2) is 22.2. The summed E-state index contributed by atoms with van der Waals surface area (Å²) in [5.74, 6) is -0.0288. The van der Waals surface area contributed by atoms with Crippen molar-refractivity contribution < 1.29 is 9.53 Å². The van der Waals surface area contributed by atoms with E-state index in [-0.39, 0.29) is 12.5 Å². The van der Waals surface area contributed by atoms with E-state index in [4.69, 9.17) is 10.5 Å². The lowest BCUT2D eigenvalue weighted by molar-refractivity contribution is -0.135. The van der Waals surface area contributed by atoms with Crippen molar-refractivity contribution >= 4 is 5.91 Å². The van der Waals surface area contributed by atoms with Crippen molar-refractivity contribution in [1.29, 1.82) is 0 Å². The zero-order valence-corrected chi connectivity index (χ0v) is 18.7. The summed E-state index contributed by atoms with van der Waals surface area (Å²) in [4.78, 5) is 13.3. The molecule has 0 aliphatic heterocycles. The zero-order chi connectivity index (χ0) is 20.7. The Morgan fingerprint density at radius 3 is 2.04 bits per heavy atom. The Bertz CT molecular complexity index is 394. The number of nitrogens with zero attached hydrogens (tertiary/aromatic N) is 1. The fourth-order valence-corrected chi connectivity index (χ4v) is 3.03. The molecular formula is C24H46N2O2. The van der Waals surface area contributed by atoms with E-state index in [0.29, 0.717) is 6.73 Å². The fourth-order valence-electron chi connectivity index (χ4n) is 3.03. The van der Waals surface area contributed by atoms with E-state index in [0.717, 1.165) is 32.4 Å². The first-order valence-electron chi connectivity index (χ1n) is 11.6. The van der Waals surface area contributed by atoms with Crippen LogP contribution >= 0.6 is 0 Å². The summed E-state index contributed by atoms with van der Waals surface area (Å²) in [5, 5.41) is 0. The molecule has 4 heteroatoms. The molecule has 0 radical (unpaired) electrons. The van der Waals surface area contributed by atoms with Gasteiger partial charge in [-0.25, -0.2) is 0 Å². The van der Waals surface area contributed by atoms with Crippen molar-refractivity contribution in [2.45, 2.75) is 97.3 Å². The van der Waals surface area contributed by atoms with Gasteiger partial charge in [-0.1, -0.05) is 76.7 Å². The molecule has 0 aromatic rings. The molecule has 0 atom stereocenters. The highest BCUT2D eigenvalue weighted by Gasteiger charge is 2.09. The number of ether oxygens (including phenoxy) is 1. The standard InChI is InChI=1S/C24H46N2O2/c1-3-5-6-7-8-9-10-11-12-13-14-15-16-17-18-19-21-28-23-26(20-4-2)24(27)22-25/h8-9,11-12H,3-7,10,13-23,25H2,1-2H3/b9-8-,12-11-. The minimum Gasteiger partial charge on any atom is -0.361 e. The first kappa shape index (κ1) is 26.9. The number of hydrogen-bond acceptors (Lipinski definition) is 3. The maximum absolute atomic E-state index is 11.6. The molecule has 0 aromatic heterocycles. The predicted octanol–water partition coefficient (Wildman–Crippen LogP) is 5.97. The van der Waals surface area contributed by atoms with Crippen molar-refractivity contribution in [2.24, 2.45) is 5.73 Å². The molecule has 0 rings (SSSR count). The number of unbranched alkanes of at least 4 members (excludes halogenated alkanes) is 9. The highest BCUT2D eigenvalue weighted by molar-refractivity contribution is 5.77. The van der Waals surface area contributed by atoms with Crippen molar-refractivity contribution in [1.82, 2.24) is 4.90 Å². The molecule has 0 saturated carbocycles. The monoisotopic (exact) mass is 394 g/mol. The summed E-state index contributed by atoms with van der Waals surface area (Å²) in [6, 6.07) is 0. The summed E-state index contributed by atoms with van der Waals surface area (Å²) < 4.78 is 5.63. The minimum atomic E-state index is -0.0288. The Kier molecular flexibility index (Phi) is 21.3. The number of allylic oxidation sites excluding steroid dienone is 4. The molecule has 0 fully saturated rings. The molecule has 0 saturated heterocycles. The first-order chi connectivity index (χ1) is 13.8. The molecule has 0 heterocycles. The third-order valence-corrected chi connectivity index (χ3v) is 4.76. The van der Waals surface area contributed by atoms with Crippen LogP contribution < -0.4 is 5.73 Å². The number of carbonyl (C=O) groups is 1. The summed E-state index contributed by atoms with van der Waals surface area (Å²) in [7, 11) is 0. The van der Waals surface area contributed by atoms with Gasteiger partial charge in [-0.2, -0.15) is 0 Å². The van der Waals surface area contributed by atoms with E-state index in [9.17, 15) is 4.79 Å². The number of rotatable bonds is 20. The van der Waals surface area contributed by atoms with Gasteiger partial charge in [0.15, 0.2) is 0 Å². The lowest BCUT2D eigenvalue weighted by Crippen LogP contribution is -2.38. The van der Waals surface area contributed by atoms with Gasteiger partial charge in [-0.05, 0) is 44.9 Å². The summed E-state index contributed by atoms with van der Waals surface area (Å²) >= 11 is 0. The third-order valence-electron chi connectivity index (χ3n) is 4.76. The molecule has 0 bridgehead atoms. The van der Waals surface area contributed by atoms with Gasteiger partial charge in [0.25, 0.3) is 0 Å². The van der Waals surface area contributed by atoms with Crippen LogP contribution in [0.15, 0.2) is 24.3 Å². The van der Waals surface area contributed by atoms with Gasteiger partial charge in [-0.3, -0.25) is 4.79 Å². The highest BCUT2D eigenvalue weighted by Crippen LogP contribution is 2.08. The lowest BCUT2D eigenvalue weighted by Gasteiger charge is -2.21. The molecule has 0 aliphatic rings. The topological polar surface area (TPSA) is 55.6 Å². The molecule has 28 heavy (non-hydrogen) atoms. The molecular weight excluding hydrogens is 348 g/mol. The minimum absolute atomic E-state index is 0.0288. The van der Waals surface area contributed by atoms with Crippen LogP contribution in [-0.4, -0.2) is 37.2 Å². The maximum atomic E-state index is 11.6. The van der Waals surface area contributed by atoms with Gasteiger partial charge < -0.3 is 15.4 Å². The largest absolute Gasteiger partial charge is 0.361 e. The number of hydrogen-bond donors (Lipinski definition) is 1. The average molecular weight is 395 g/mol. The maximum Gasteiger partial charge on any atom is 0.238 e. The van der Waals surface area contributed by atoms with Crippen LogP contribution in [0.2, 0.25) is 0 Å². The van der Waals surface area contributed by atoms with Crippen LogP contribution in [0.3, 0.4) is 0 Å². The first-order valence-corrected chi connectivity index (χ1v) is 11.6. The van der Waals surface area contributed by atoms with Crippen LogP contribution in [0.5, 0.6) is 0 Å². The Balaban J connectivity index is 3.37. The number of nitrogens with two attached hydrogens (primary N) is 1. The smallest absolute Gasteiger partial charge is 0.238 e. The van der Waals surface area contributed by atoms with E-state index in [1.54, 1.807) is 4.90 Å². The van der Waals surface area contributed by atoms with Crippen LogP contribution in [-0.2, 0) is 9.53 Å². The molecule has 0 spiro atoms. The van der Waals surface area contributed by atoms with Gasteiger partial charge in [-0.15, -0.1) is 0 Å². The van der Waals surface area contributed by atoms with E-state index in [1.807, 2.05) is 0 Å². The molecule has 1 amide bonds. The number of amides is 1. The van der Waals surface area contributed by atoms with Crippen molar-refractivity contribution in [3.05, 3.63) is 24.3 Å². The Hall–Kier alpha value is -1.13. The van der Waals surface area contributed by atoms with Crippen LogP contribution in [0.1, 0.15) is 97.3 Å². The van der Waals surface area contributed by atoms with Gasteiger partial charge in [0.2, 0.25) is 5.91 Å². The fraction of sp³-hybridized carbons (Fsp3) is 0.792. The van der Waals surface area contributed by atoms with Gasteiger partial charge in [0, 0.05) is 13.2 Å². The van der Waals surface area contributed by atoms with Gasteiger partial charge in [0.05, 0.1) is 6.54 Å². The summed E-state index contributed by atoms with van der Waals surface area (Å²) in [6.45, 7) is 6.20. The van der Waals surface area contributed by atoms with Crippen LogP contribution in [0, 0.1) is 0 Å². The van der Waals surface area contributed by atoms with E-state index in [1.165, 1.54) is 64.2 Å². The molecule has 4 nitrogen and oxygen atoms in total. The summed E-state index contributed by atoms with van der Waals surface area (Å²) in [5.41, 5.74) is 5.42. The summed E-state index contributed by atoms with van der Waals surface area (Å²) in [6.07, 6.45) is 25.1. The van der Waals surface area contributed by atoms with E-state index >= 15 is 0 Å². The average Bonchev–Trinajstić information content (AvgIpc) is 2.71. The van der Waals surface area contributed by atoms with E-state index in [2.05, 4.69) is 38.2 Å². The van der Waals surface area contributed by atoms with E-state index < -0.39 is 0 Å². The zero-order valence-electron chi connectivity index (χ0n) is 18.7. The van der Waals surface area contributed by atoms with Crippen molar-refractivity contribution in [2.75, 3.05) is 26.4 Å².